The van der Waals surface area contributed by atoms with Crippen molar-refractivity contribution in [2.24, 2.45) is 10.8 Å². The van der Waals surface area contributed by atoms with Crippen molar-refractivity contribution in [1.82, 2.24) is 9.97 Å². The minimum atomic E-state index is -0.337. The molecule has 275 valence electrons. The molecule has 0 spiro atoms. The molecular weight excluding hydrogens is 817 g/mol. The topological polar surface area (TPSA) is 63.1 Å². The van der Waals surface area contributed by atoms with Crippen molar-refractivity contribution in [1.29, 1.82) is 0 Å². The van der Waals surface area contributed by atoms with E-state index in [0.717, 1.165) is 61.0 Å². The summed E-state index contributed by atoms with van der Waals surface area (Å²) in [6.07, 6.45) is 8.76. The van der Waals surface area contributed by atoms with Crippen LogP contribution in [0.2, 0.25) is 0 Å². The number of carbonyl (C=O) groups is 1. The number of fused-ring (bicyclic) bond motifs is 4. The van der Waals surface area contributed by atoms with Gasteiger partial charge in [0.15, 0.2) is 5.78 Å². The van der Waals surface area contributed by atoms with Crippen LogP contribution in [0, 0.1) is 16.9 Å². The van der Waals surface area contributed by atoms with E-state index in [0.29, 0.717) is 0 Å². The molecule has 0 aliphatic heterocycles. The van der Waals surface area contributed by atoms with Gasteiger partial charge in [0.05, 0.1) is 11.5 Å². The van der Waals surface area contributed by atoms with E-state index in [2.05, 4.69) is 106 Å². The molecule has 1 aliphatic carbocycles. The summed E-state index contributed by atoms with van der Waals surface area (Å²) in [7, 11) is 0. The smallest absolute Gasteiger partial charge is 0.164 e. The van der Waals surface area contributed by atoms with Gasteiger partial charge in [0.1, 0.15) is 5.76 Å². The van der Waals surface area contributed by atoms with Crippen LogP contribution in [0.25, 0.3) is 44.5 Å². The van der Waals surface area contributed by atoms with E-state index in [1.165, 1.54) is 44.8 Å². The maximum atomic E-state index is 12.2. The first kappa shape index (κ1) is 40.8. The Labute approximate surface area is 325 Å². The number of aliphatic hydroxyl groups excluding tert-OH is 1. The molecule has 0 bridgehead atoms. The second kappa shape index (κ2) is 16.8. The van der Waals surface area contributed by atoms with Crippen molar-refractivity contribution in [3.63, 3.8) is 0 Å². The fraction of sp³-hybridized carbons (Fsp3) is 0.383. The molecule has 0 saturated heterocycles. The standard InChI is InChI=1S/C32H27N2.C15H28O2.Ir/c1-32(2,3)29-19-26(18-23-11-7-8-12-27(23)29)31-33-20-25-14-13-24-17-22(21-9-5-4-6-10-21)15-16-28(24)30(25)34-31;1-7-14(5,8-2)12(16)11-13(17)15(6,9-3)10-4;/h4-12,15-17,19-20H,13-14H2,1-3H3;11,16H,7-10H2,1-6H3;/q-1;;/b;12-11-;. The molecule has 1 aromatic heterocycles. The summed E-state index contributed by atoms with van der Waals surface area (Å²) in [4.78, 5) is 22.1. The SMILES string of the molecule is CC(C)(C)c1cc(-c2ncc3c(n2)-c2ccc(-c4ccccc4)cc2CC3)[c-]c2ccccc12.CCC(C)(CC)C(=O)/C=C(\O)C(C)(CC)CC.[Ir]. The van der Waals surface area contributed by atoms with Crippen molar-refractivity contribution >= 4 is 16.6 Å². The van der Waals surface area contributed by atoms with Gasteiger partial charge in [0.2, 0.25) is 0 Å². The summed E-state index contributed by atoms with van der Waals surface area (Å²) in [6, 6.07) is 31.7. The van der Waals surface area contributed by atoms with Crippen LogP contribution >= 0.6 is 0 Å². The van der Waals surface area contributed by atoms with Gasteiger partial charge < -0.3 is 5.11 Å². The zero-order valence-corrected chi connectivity index (χ0v) is 34.9. The molecule has 1 N–H and O–H groups in total. The van der Waals surface area contributed by atoms with Gasteiger partial charge in [-0.25, -0.2) is 0 Å². The number of allylic oxidation sites excluding steroid dienone is 2. The summed E-state index contributed by atoms with van der Waals surface area (Å²) in [6.45, 7) is 18.9. The van der Waals surface area contributed by atoms with E-state index in [9.17, 15) is 9.90 Å². The van der Waals surface area contributed by atoms with Crippen molar-refractivity contribution in [3.05, 3.63) is 120 Å². The number of rotatable bonds is 9. The summed E-state index contributed by atoms with van der Waals surface area (Å²) in [5.41, 5.74) is 9.04. The number of ketones is 1. The van der Waals surface area contributed by atoms with Crippen LogP contribution in [0.15, 0.2) is 96.9 Å². The third-order valence-electron chi connectivity index (χ3n) is 11.4. The average Bonchev–Trinajstić information content (AvgIpc) is 3.16. The summed E-state index contributed by atoms with van der Waals surface area (Å²) < 4.78 is 0. The molecule has 5 aromatic rings. The minimum absolute atomic E-state index is 0. The molecule has 0 amide bonds. The molecular formula is C47H55IrN2O2-. The molecule has 1 radical (unpaired) electrons. The number of hydrogen-bond acceptors (Lipinski definition) is 4. The minimum Gasteiger partial charge on any atom is -0.512 e. The van der Waals surface area contributed by atoms with Gasteiger partial charge >= 0.3 is 0 Å². The van der Waals surface area contributed by atoms with Gasteiger partial charge in [0, 0.05) is 48.8 Å². The van der Waals surface area contributed by atoms with E-state index in [1.54, 1.807) is 0 Å². The Hall–Kier alpha value is -3.92. The normalized spacial score (nSPS) is 13.0. The van der Waals surface area contributed by atoms with Crippen LogP contribution in [0.4, 0.5) is 0 Å². The summed E-state index contributed by atoms with van der Waals surface area (Å²) in [5, 5.41) is 12.5. The van der Waals surface area contributed by atoms with Crippen LogP contribution in [0.5, 0.6) is 0 Å². The van der Waals surface area contributed by atoms with Gasteiger partial charge in [-0.3, -0.25) is 14.8 Å². The second-order valence-corrected chi connectivity index (χ2v) is 15.6. The quantitative estimate of drug-likeness (QED) is 0.0910. The van der Waals surface area contributed by atoms with Crippen molar-refractivity contribution < 1.29 is 30.0 Å². The van der Waals surface area contributed by atoms with Crippen LogP contribution in [-0.4, -0.2) is 20.9 Å². The molecule has 0 atom stereocenters. The van der Waals surface area contributed by atoms with E-state index in [4.69, 9.17) is 9.97 Å². The van der Waals surface area contributed by atoms with Gasteiger partial charge in [-0.05, 0) is 66.2 Å². The first-order chi connectivity index (χ1) is 24.3. The van der Waals surface area contributed by atoms with Crippen LogP contribution in [0.1, 0.15) is 105 Å². The first-order valence-electron chi connectivity index (χ1n) is 18.7. The zero-order chi connectivity index (χ0) is 37.0. The van der Waals surface area contributed by atoms with Crippen LogP contribution < -0.4 is 0 Å². The predicted octanol–water partition coefficient (Wildman–Crippen LogP) is 12.5. The van der Waals surface area contributed by atoms with Crippen LogP contribution in [0.3, 0.4) is 0 Å². The second-order valence-electron chi connectivity index (χ2n) is 15.6. The van der Waals surface area contributed by atoms with Crippen LogP contribution in [-0.2, 0) is 43.2 Å². The third kappa shape index (κ3) is 8.64. The fourth-order valence-electron chi connectivity index (χ4n) is 6.72. The molecule has 4 aromatic carbocycles. The molecule has 6 rings (SSSR count). The van der Waals surface area contributed by atoms with E-state index < -0.39 is 0 Å². The number of aryl methyl sites for hydroxylation is 2. The molecule has 0 fully saturated rings. The number of aliphatic hydroxyl groups is 1. The molecule has 0 unspecified atom stereocenters. The van der Waals surface area contributed by atoms with Crippen molar-refractivity contribution in [3.8, 4) is 33.8 Å². The summed E-state index contributed by atoms with van der Waals surface area (Å²) in [5.74, 6) is 1.03. The Morgan fingerprint density at radius 2 is 1.38 bits per heavy atom. The number of benzene rings is 4. The van der Waals surface area contributed by atoms with E-state index in [1.807, 2.05) is 47.7 Å². The van der Waals surface area contributed by atoms with Gasteiger partial charge in [0.25, 0.3) is 0 Å². The maximum Gasteiger partial charge on any atom is 0.164 e. The Kier molecular flexibility index (Phi) is 13.2. The fourth-order valence-corrected chi connectivity index (χ4v) is 6.72. The maximum absolute atomic E-state index is 12.2. The molecule has 52 heavy (non-hydrogen) atoms. The van der Waals surface area contributed by atoms with E-state index >= 15 is 0 Å². The molecule has 1 heterocycles. The molecule has 0 saturated carbocycles. The van der Waals surface area contributed by atoms with Crippen molar-refractivity contribution in [2.45, 2.75) is 106 Å². The Balaban J connectivity index is 0.000000289. The van der Waals surface area contributed by atoms with Gasteiger partial charge in [-0.2, -0.15) is 0 Å². The van der Waals surface area contributed by atoms with Gasteiger partial charge in [-0.1, -0.05) is 140 Å². The predicted molar refractivity (Wildman–Crippen MR) is 214 cm³/mol. The zero-order valence-electron chi connectivity index (χ0n) is 32.5. The largest absolute Gasteiger partial charge is 0.512 e. The Morgan fingerprint density at radius 3 is 2.02 bits per heavy atom. The monoisotopic (exact) mass is 872 g/mol. The number of hydrogen-bond donors (Lipinski definition) is 1. The number of carbonyl (C=O) groups excluding carboxylic acids is 1. The Morgan fingerprint density at radius 1 is 0.769 bits per heavy atom. The number of nitrogens with zero attached hydrogens (tertiary/aromatic N) is 2. The summed E-state index contributed by atoms with van der Waals surface area (Å²) >= 11 is 0. The molecule has 1 aliphatic rings. The first-order valence-corrected chi connectivity index (χ1v) is 18.7. The van der Waals surface area contributed by atoms with Gasteiger partial charge in [-0.15, -0.1) is 29.1 Å². The number of aromatic nitrogens is 2. The Bertz CT molecular complexity index is 2030. The average molecular weight is 872 g/mol. The van der Waals surface area contributed by atoms with E-state index in [-0.39, 0.29) is 47.9 Å². The molecule has 4 nitrogen and oxygen atoms in total. The molecule has 5 heteroatoms. The van der Waals surface area contributed by atoms with Crippen molar-refractivity contribution in [2.75, 3.05) is 0 Å². The third-order valence-corrected chi connectivity index (χ3v) is 11.4.